The van der Waals surface area contributed by atoms with Gasteiger partial charge in [-0.1, -0.05) is 6.92 Å². The van der Waals surface area contributed by atoms with E-state index >= 15 is 0 Å². The average Bonchev–Trinajstić information content (AvgIpc) is 2.17. The number of fused-ring (bicyclic) bond motifs is 1. The van der Waals surface area contributed by atoms with Crippen molar-refractivity contribution in [2.75, 3.05) is 5.32 Å². The summed E-state index contributed by atoms with van der Waals surface area (Å²) in [6, 6.07) is 5.10. The van der Waals surface area contributed by atoms with Crippen LogP contribution in [-0.2, 0) is 6.42 Å². The number of aryl methyl sites for hydroxylation is 1. The maximum Gasteiger partial charge on any atom is 0.0520 e. The van der Waals surface area contributed by atoms with Crippen LogP contribution in [0.2, 0.25) is 0 Å². The van der Waals surface area contributed by atoms with E-state index in [0.29, 0.717) is 6.04 Å². The molecule has 1 N–H and O–H groups in total. The molecule has 0 aliphatic carbocycles. The third kappa shape index (κ3) is 2.08. The van der Waals surface area contributed by atoms with E-state index in [1.54, 1.807) is 0 Å². The molecule has 76 valence electrons. The van der Waals surface area contributed by atoms with Crippen molar-refractivity contribution < 1.29 is 0 Å². The quantitative estimate of drug-likeness (QED) is 0.736. The molecule has 0 amide bonds. The van der Waals surface area contributed by atoms with E-state index in [-0.39, 0.29) is 0 Å². The van der Waals surface area contributed by atoms with Gasteiger partial charge in [-0.2, -0.15) is 0 Å². The standard InChI is InChI=1S/C11H13BrIN/c1-2-9-4-3-7-5-8(13)6-10(12)11(7)14-9/h5-6,9,14H,2-4H2,1H3. The lowest BCUT2D eigenvalue weighted by molar-refractivity contribution is 0.613. The molecule has 1 unspecified atom stereocenters. The fourth-order valence-corrected chi connectivity index (χ4v) is 3.63. The van der Waals surface area contributed by atoms with Crippen LogP contribution in [-0.4, -0.2) is 6.04 Å². The van der Waals surface area contributed by atoms with Crippen molar-refractivity contribution in [1.82, 2.24) is 0 Å². The van der Waals surface area contributed by atoms with E-state index in [0.717, 1.165) is 0 Å². The Hall–Kier alpha value is 0.230. The second-order valence-corrected chi connectivity index (χ2v) is 5.81. The van der Waals surface area contributed by atoms with Gasteiger partial charge in [0.1, 0.15) is 0 Å². The van der Waals surface area contributed by atoms with Crippen molar-refractivity contribution in [3.8, 4) is 0 Å². The first-order valence-corrected chi connectivity index (χ1v) is 6.82. The van der Waals surface area contributed by atoms with Crippen molar-refractivity contribution >= 4 is 44.2 Å². The van der Waals surface area contributed by atoms with Crippen molar-refractivity contribution in [3.63, 3.8) is 0 Å². The van der Waals surface area contributed by atoms with Gasteiger partial charge in [-0.3, -0.25) is 0 Å². The molecule has 0 saturated carbocycles. The monoisotopic (exact) mass is 365 g/mol. The largest absolute Gasteiger partial charge is 0.381 e. The molecule has 1 aromatic rings. The van der Waals surface area contributed by atoms with Crippen molar-refractivity contribution in [3.05, 3.63) is 25.7 Å². The molecule has 0 radical (unpaired) electrons. The molecule has 1 atom stereocenters. The Morgan fingerprint density at radius 2 is 2.36 bits per heavy atom. The van der Waals surface area contributed by atoms with E-state index < -0.39 is 0 Å². The van der Waals surface area contributed by atoms with E-state index in [4.69, 9.17) is 0 Å². The highest BCUT2D eigenvalue weighted by Gasteiger charge is 2.18. The number of hydrogen-bond acceptors (Lipinski definition) is 1. The van der Waals surface area contributed by atoms with E-state index in [2.05, 4.69) is 62.9 Å². The minimum atomic E-state index is 0.652. The van der Waals surface area contributed by atoms with E-state index in [1.807, 2.05) is 0 Å². The Bertz CT molecular complexity index is 351. The third-order valence-corrected chi connectivity index (χ3v) is 3.99. The summed E-state index contributed by atoms with van der Waals surface area (Å²) in [5.74, 6) is 0. The number of hydrogen-bond donors (Lipinski definition) is 1. The lowest BCUT2D eigenvalue weighted by atomic mass is 9.97. The van der Waals surface area contributed by atoms with Gasteiger partial charge in [0, 0.05) is 14.1 Å². The maximum atomic E-state index is 3.62. The van der Waals surface area contributed by atoms with E-state index in [9.17, 15) is 0 Å². The van der Waals surface area contributed by atoms with Gasteiger partial charge in [0.05, 0.1) is 5.69 Å². The summed E-state index contributed by atoms with van der Waals surface area (Å²) >= 11 is 5.99. The van der Waals surface area contributed by atoms with Gasteiger partial charge in [0.15, 0.2) is 0 Å². The van der Waals surface area contributed by atoms with Crippen LogP contribution in [0.3, 0.4) is 0 Å². The zero-order valence-electron chi connectivity index (χ0n) is 8.11. The summed E-state index contributed by atoms with van der Waals surface area (Å²) in [6.45, 7) is 2.24. The number of benzene rings is 1. The first-order chi connectivity index (χ1) is 6.70. The summed E-state index contributed by atoms with van der Waals surface area (Å²) in [7, 11) is 0. The summed E-state index contributed by atoms with van der Waals surface area (Å²) in [5.41, 5.74) is 2.76. The second kappa shape index (κ2) is 4.39. The van der Waals surface area contributed by atoms with Crippen molar-refractivity contribution in [1.29, 1.82) is 0 Å². The smallest absolute Gasteiger partial charge is 0.0520 e. The molecule has 1 aliphatic heterocycles. The van der Waals surface area contributed by atoms with Crippen LogP contribution in [0.5, 0.6) is 0 Å². The molecule has 14 heavy (non-hydrogen) atoms. The van der Waals surface area contributed by atoms with Crippen LogP contribution in [0, 0.1) is 3.57 Å². The van der Waals surface area contributed by atoms with Crippen LogP contribution in [0.25, 0.3) is 0 Å². The molecular formula is C11H13BrIN. The lowest BCUT2D eigenvalue weighted by Gasteiger charge is -2.27. The summed E-state index contributed by atoms with van der Waals surface area (Å²) in [4.78, 5) is 0. The topological polar surface area (TPSA) is 12.0 Å². The van der Waals surface area contributed by atoms with Crippen LogP contribution in [0.4, 0.5) is 5.69 Å². The Balaban J connectivity index is 2.37. The van der Waals surface area contributed by atoms with Gasteiger partial charge < -0.3 is 5.32 Å². The van der Waals surface area contributed by atoms with Crippen LogP contribution >= 0.6 is 38.5 Å². The van der Waals surface area contributed by atoms with Gasteiger partial charge >= 0.3 is 0 Å². The van der Waals surface area contributed by atoms with Crippen molar-refractivity contribution in [2.24, 2.45) is 0 Å². The van der Waals surface area contributed by atoms with E-state index in [1.165, 1.54) is 38.6 Å². The highest BCUT2D eigenvalue weighted by Crippen LogP contribution is 2.34. The van der Waals surface area contributed by atoms with Gasteiger partial charge in [-0.15, -0.1) is 0 Å². The number of anilines is 1. The Labute approximate surface area is 107 Å². The van der Waals surface area contributed by atoms with Crippen LogP contribution in [0.1, 0.15) is 25.3 Å². The molecule has 1 aliphatic rings. The molecule has 0 bridgehead atoms. The SMILES string of the molecule is CCC1CCc2cc(I)cc(Br)c2N1. The van der Waals surface area contributed by atoms with Gasteiger partial charge in [0.2, 0.25) is 0 Å². The van der Waals surface area contributed by atoms with Gasteiger partial charge in [-0.05, 0) is 75.5 Å². The molecule has 0 fully saturated rings. The summed E-state index contributed by atoms with van der Waals surface area (Å²) in [5, 5.41) is 3.59. The fraction of sp³-hybridized carbons (Fsp3) is 0.455. The van der Waals surface area contributed by atoms with Crippen molar-refractivity contribution in [2.45, 2.75) is 32.2 Å². The predicted octanol–water partition coefficient (Wildman–Crippen LogP) is 4.19. The molecule has 1 nitrogen and oxygen atoms in total. The maximum absolute atomic E-state index is 3.62. The Morgan fingerprint density at radius 1 is 1.57 bits per heavy atom. The summed E-state index contributed by atoms with van der Waals surface area (Å²) in [6.07, 6.45) is 3.67. The minimum absolute atomic E-state index is 0.652. The molecule has 2 rings (SSSR count). The molecule has 1 aromatic carbocycles. The predicted molar refractivity (Wildman–Crippen MR) is 72.9 cm³/mol. The Kier molecular flexibility index (Phi) is 3.37. The summed E-state index contributed by atoms with van der Waals surface area (Å²) < 4.78 is 2.52. The molecule has 3 heteroatoms. The lowest BCUT2D eigenvalue weighted by Crippen LogP contribution is -2.24. The first kappa shape index (κ1) is 10.7. The molecular weight excluding hydrogens is 353 g/mol. The minimum Gasteiger partial charge on any atom is -0.381 e. The number of nitrogens with one attached hydrogen (secondary N) is 1. The first-order valence-electron chi connectivity index (χ1n) is 4.95. The second-order valence-electron chi connectivity index (χ2n) is 3.71. The average molecular weight is 366 g/mol. The highest BCUT2D eigenvalue weighted by molar-refractivity contribution is 14.1. The number of rotatable bonds is 1. The molecule has 1 heterocycles. The normalized spacial score (nSPS) is 20.1. The molecule has 0 aromatic heterocycles. The molecule has 0 spiro atoms. The Morgan fingerprint density at radius 3 is 3.07 bits per heavy atom. The fourth-order valence-electron chi connectivity index (χ4n) is 1.90. The zero-order valence-corrected chi connectivity index (χ0v) is 11.9. The van der Waals surface area contributed by atoms with Gasteiger partial charge in [-0.25, -0.2) is 0 Å². The third-order valence-electron chi connectivity index (χ3n) is 2.74. The highest BCUT2D eigenvalue weighted by atomic mass is 127. The van der Waals surface area contributed by atoms with Crippen LogP contribution < -0.4 is 5.32 Å². The molecule has 0 saturated heterocycles. The zero-order chi connectivity index (χ0) is 10.1. The van der Waals surface area contributed by atoms with Crippen LogP contribution in [0.15, 0.2) is 16.6 Å². The van der Waals surface area contributed by atoms with Gasteiger partial charge in [0.25, 0.3) is 0 Å². The number of halogens is 2.